The van der Waals surface area contributed by atoms with E-state index in [-0.39, 0.29) is 55.1 Å². The number of hydrogen-bond donors (Lipinski definition) is 0. The molecule has 0 fully saturated rings. The van der Waals surface area contributed by atoms with Gasteiger partial charge < -0.3 is 9.32 Å². The van der Waals surface area contributed by atoms with Crippen molar-refractivity contribution in [3.63, 3.8) is 0 Å². The summed E-state index contributed by atoms with van der Waals surface area (Å²) in [5, 5.41) is -1.29. The van der Waals surface area contributed by atoms with E-state index in [0.29, 0.717) is 11.1 Å². The van der Waals surface area contributed by atoms with Gasteiger partial charge in [0, 0.05) is 32.8 Å². The molecule has 8 aromatic carbocycles. The normalized spacial score (nSPS) is 18.5. The molecule has 0 atom stereocenters. The molecule has 1 aromatic heterocycles. The Morgan fingerprint density at radius 3 is 2.08 bits per heavy atom. The quantitative estimate of drug-likeness (QED) is 0.181. The summed E-state index contributed by atoms with van der Waals surface area (Å²) < 4.78 is 188. The molecule has 10 rings (SSSR count). The van der Waals surface area contributed by atoms with Gasteiger partial charge in [0.1, 0.15) is 5.58 Å². The van der Waals surface area contributed by atoms with Crippen LogP contribution >= 0.6 is 0 Å². The molecule has 0 aliphatic heterocycles. The van der Waals surface area contributed by atoms with Crippen molar-refractivity contribution in [1.29, 1.82) is 0 Å². The zero-order valence-corrected chi connectivity index (χ0v) is 27.1. The molecule has 0 N–H and O–H groups in total. The highest BCUT2D eigenvalue weighted by Gasteiger charge is 2.35. The van der Waals surface area contributed by atoms with Gasteiger partial charge in [-0.1, -0.05) is 153 Å². The van der Waals surface area contributed by atoms with E-state index in [4.69, 9.17) is 18.1 Å². The van der Waals surface area contributed by atoms with Crippen molar-refractivity contribution < 1.29 is 31.8 Å². The second kappa shape index (κ2) is 11.3. The Morgan fingerprint density at radius 2 is 1.20 bits per heavy atom. The van der Waals surface area contributed by atoms with E-state index in [9.17, 15) is 13.7 Å². The summed E-state index contributed by atoms with van der Waals surface area (Å²) in [5.41, 5.74) is -3.24. The van der Waals surface area contributed by atoms with E-state index in [0.717, 1.165) is 4.90 Å². The van der Waals surface area contributed by atoms with Crippen LogP contribution in [0.25, 0.3) is 66.1 Å². The lowest BCUT2D eigenvalue weighted by atomic mass is 9.81. The fourth-order valence-electron chi connectivity index (χ4n) is 6.79. The Kier molecular flexibility index (Phi) is 3.48. The van der Waals surface area contributed by atoms with Crippen LogP contribution in [0, 0.1) is 0 Å². The fraction of sp³-hybridized carbons (Fsp3) is 0.0612. The van der Waals surface area contributed by atoms with Gasteiger partial charge in [-0.2, -0.15) is 0 Å². The van der Waals surface area contributed by atoms with Crippen molar-refractivity contribution >= 4 is 49.8 Å². The van der Waals surface area contributed by atoms with Crippen LogP contribution in [0.4, 0.5) is 17.1 Å². The van der Waals surface area contributed by atoms with E-state index < -0.39 is 154 Å². The van der Waals surface area contributed by atoms with Crippen LogP contribution in [0.2, 0.25) is 0 Å². The molecule has 51 heavy (non-hydrogen) atoms. The molecule has 0 saturated carbocycles. The van der Waals surface area contributed by atoms with Crippen molar-refractivity contribution in [1.82, 2.24) is 0 Å². The summed E-state index contributed by atoms with van der Waals surface area (Å²) in [6, 6.07) is 2.17. The van der Waals surface area contributed by atoms with E-state index in [1.54, 1.807) is 68.4 Å². The van der Waals surface area contributed by atoms with Gasteiger partial charge in [-0.3, -0.25) is 0 Å². The van der Waals surface area contributed by atoms with Gasteiger partial charge in [0.25, 0.3) is 0 Å². The Balaban J connectivity index is 1.34. The number of benzene rings is 8. The van der Waals surface area contributed by atoms with Crippen molar-refractivity contribution in [2.24, 2.45) is 0 Å². The van der Waals surface area contributed by atoms with Crippen molar-refractivity contribution in [3.05, 3.63) is 187 Å². The Hall–Kier alpha value is -6.38. The minimum atomic E-state index is -1.38. The summed E-state index contributed by atoms with van der Waals surface area (Å²) >= 11 is 0. The molecule has 1 aliphatic carbocycles. The molecule has 242 valence electrons. The maximum atomic E-state index is 9.80. The minimum absolute atomic E-state index is 0.0152. The van der Waals surface area contributed by atoms with Crippen LogP contribution < -0.4 is 4.90 Å². The van der Waals surface area contributed by atoms with Gasteiger partial charge in [0.05, 0.1) is 38.8 Å². The molecule has 9 aromatic rings. The molecule has 0 bridgehead atoms. The first-order valence-corrected chi connectivity index (χ1v) is 16.1. The molecule has 1 aliphatic rings. The average molecular weight is 674 g/mol. The summed E-state index contributed by atoms with van der Waals surface area (Å²) in [6.45, 7) is 3.19. The number of hydrogen-bond acceptors (Lipinski definition) is 2. The van der Waals surface area contributed by atoms with Crippen LogP contribution in [-0.2, 0) is 5.41 Å². The van der Waals surface area contributed by atoms with Gasteiger partial charge in [-0.15, -0.1) is 0 Å². The first-order chi connectivity index (χ1) is 33.4. The van der Waals surface area contributed by atoms with Gasteiger partial charge in [-0.05, 0) is 80.6 Å². The molecule has 0 saturated heterocycles. The molecule has 0 unspecified atom stereocenters. The standard InChI is InChI=1S/C49H35NO/c1-49(2)43-20-10-8-18-39(43)40-29-26-35(31-44(40)49)32-23-27-36(28-24-32)50(45-21-11-9-16-37(45)33-13-4-3-5-14-33)46-22-12-19-41-42-30-25-34-15-6-7-17-38(34)47(42)51-48(41)46/h3-31H,1-2H3/i6D,7D,8D,10D,12D,15D,17D,18D,19D,20D,22D,23D,24D,25D,26D,27D,28D,29D,30D,31D. The van der Waals surface area contributed by atoms with Gasteiger partial charge in [0.15, 0.2) is 5.58 Å². The van der Waals surface area contributed by atoms with E-state index >= 15 is 0 Å². The highest BCUT2D eigenvalue weighted by atomic mass is 16.3. The highest BCUT2D eigenvalue weighted by Crippen LogP contribution is 2.50. The maximum absolute atomic E-state index is 9.80. The Bertz CT molecular complexity index is 3890. The van der Waals surface area contributed by atoms with Crippen LogP contribution in [0.1, 0.15) is 52.4 Å². The topological polar surface area (TPSA) is 16.4 Å². The van der Waals surface area contributed by atoms with Gasteiger partial charge >= 0.3 is 0 Å². The Labute approximate surface area is 326 Å². The largest absolute Gasteiger partial charge is 0.453 e. The third-order valence-corrected chi connectivity index (χ3v) is 9.26. The zero-order chi connectivity index (χ0) is 51.5. The number of furan rings is 1. The SMILES string of the molecule is [2H]c1c([2H])c([2H])c2c(c1[2H])-c1c([2H])c([2H])c(-c3c([2H])c([2H])c(N(c4ccccc4-c4ccccc4)c4c([2H])c([2H])c([2H])c5c4oc4c6c([2H])c([2H])c([2H])c([2H])c6c([2H])c([2H])c45)c([2H])c3[2H])c([2H])c1C2(C)C. The summed E-state index contributed by atoms with van der Waals surface area (Å²) in [4.78, 5) is 1.14. The predicted molar refractivity (Wildman–Crippen MR) is 214 cm³/mol. The van der Waals surface area contributed by atoms with E-state index in [1.807, 2.05) is 0 Å². The third-order valence-electron chi connectivity index (χ3n) is 9.26. The summed E-state index contributed by atoms with van der Waals surface area (Å²) in [5.74, 6) is 0. The summed E-state index contributed by atoms with van der Waals surface area (Å²) in [6.07, 6.45) is 0. The molecule has 0 spiro atoms. The lowest BCUT2D eigenvalue weighted by Crippen LogP contribution is -2.14. The number of anilines is 3. The molecule has 1 heterocycles. The van der Waals surface area contributed by atoms with Crippen molar-refractivity contribution in [2.75, 3.05) is 4.90 Å². The first kappa shape index (κ1) is 15.7. The average Bonchev–Trinajstić information content (AvgIpc) is 3.86. The van der Waals surface area contributed by atoms with Crippen molar-refractivity contribution in [2.45, 2.75) is 19.3 Å². The van der Waals surface area contributed by atoms with Crippen molar-refractivity contribution in [3.8, 4) is 33.4 Å². The molecule has 0 amide bonds. The zero-order valence-electron chi connectivity index (χ0n) is 47.1. The lowest BCUT2D eigenvalue weighted by Gasteiger charge is -2.28. The third kappa shape index (κ3) is 4.57. The lowest BCUT2D eigenvalue weighted by molar-refractivity contribution is 0.660. The molecule has 0 radical (unpaired) electrons. The van der Waals surface area contributed by atoms with Crippen LogP contribution in [0.3, 0.4) is 0 Å². The number of para-hydroxylation sites is 2. The van der Waals surface area contributed by atoms with Crippen LogP contribution in [-0.4, -0.2) is 0 Å². The molecule has 2 heteroatoms. The second-order valence-electron chi connectivity index (χ2n) is 12.6. The van der Waals surface area contributed by atoms with E-state index in [1.165, 1.54) is 0 Å². The molecular formula is C49H35NO. The van der Waals surface area contributed by atoms with Gasteiger partial charge in [0.2, 0.25) is 0 Å². The number of nitrogens with zero attached hydrogens (tertiary/aromatic N) is 1. The smallest absolute Gasteiger partial charge is 0.159 e. The van der Waals surface area contributed by atoms with Crippen LogP contribution in [0.15, 0.2) is 180 Å². The van der Waals surface area contributed by atoms with Gasteiger partial charge in [-0.25, -0.2) is 0 Å². The van der Waals surface area contributed by atoms with E-state index in [2.05, 4.69) is 0 Å². The summed E-state index contributed by atoms with van der Waals surface area (Å²) in [7, 11) is 0. The van der Waals surface area contributed by atoms with Crippen LogP contribution in [0.5, 0.6) is 0 Å². The fourth-order valence-corrected chi connectivity index (χ4v) is 6.79. The molecule has 2 nitrogen and oxygen atoms in total. The highest BCUT2D eigenvalue weighted by molar-refractivity contribution is 6.17. The minimum Gasteiger partial charge on any atom is -0.453 e. The Morgan fingerprint density at radius 1 is 0.490 bits per heavy atom. The first-order valence-electron chi connectivity index (χ1n) is 26.1. The monoisotopic (exact) mass is 673 g/mol. The molecular weight excluding hydrogens is 619 g/mol. The number of fused-ring (bicyclic) bond motifs is 8. The number of rotatable bonds is 5. The second-order valence-corrected chi connectivity index (χ2v) is 12.6. The predicted octanol–water partition coefficient (Wildman–Crippen LogP) is 13.8. The maximum Gasteiger partial charge on any atom is 0.159 e.